The van der Waals surface area contributed by atoms with Crippen LogP contribution in [0.5, 0.6) is 0 Å². The molecule has 0 aromatic heterocycles. The van der Waals surface area contributed by atoms with Gasteiger partial charge in [-0.15, -0.1) is 0 Å². The van der Waals surface area contributed by atoms with E-state index in [9.17, 15) is 0 Å². The van der Waals surface area contributed by atoms with Gasteiger partial charge in [0, 0.05) is 0 Å². The van der Waals surface area contributed by atoms with Crippen molar-refractivity contribution < 1.29 is 65.6 Å². The van der Waals surface area contributed by atoms with Crippen molar-refractivity contribution in [3.8, 4) is 0 Å². The first-order chi connectivity index (χ1) is 7.31. The van der Waals surface area contributed by atoms with E-state index < -0.39 is 27.4 Å². The molecule has 1 heterocycles. The first kappa shape index (κ1) is 19.8. The van der Waals surface area contributed by atoms with Crippen molar-refractivity contribution in [2.75, 3.05) is 13.3 Å². The SMILES string of the molecule is C[CH2][Ti]1([CH2]C)[Ti][Ti]([PH]C)[Ti][Ti]([Cl])([Cl])([PH]C)[Ti]1. The molecule has 0 aromatic rings. The van der Waals surface area contributed by atoms with Crippen LogP contribution < -0.4 is 0 Å². The molecule has 1 aliphatic heterocycles. The molecule has 90 valence electrons. The summed E-state index contributed by atoms with van der Waals surface area (Å²) in [5.74, 6) is 0. The van der Waals surface area contributed by atoms with E-state index in [1.165, 1.54) is 6.57 Å². The molecule has 2 unspecified atom stereocenters. The Hall–Kier alpha value is 5.73. The monoisotopic (exact) mass is 510 g/mol. The van der Waals surface area contributed by atoms with Crippen LogP contribution >= 0.6 is 31.8 Å². The van der Waals surface area contributed by atoms with Gasteiger partial charge in [-0.3, -0.25) is 0 Å². The molecule has 0 saturated carbocycles. The molecule has 1 aliphatic rings. The Labute approximate surface area is 130 Å². The fourth-order valence-electron chi connectivity index (χ4n) is 1.83. The van der Waals surface area contributed by atoms with Gasteiger partial charge < -0.3 is 0 Å². The Balaban J connectivity index is 3.01. The van der Waals surface area contributed by atoms with Crippen LogP contribution in [0.2, 0.25) is 9.45 Å². The summed E-state index contributed by atoms with van der Waals surface area (Å²) < 4.78 is 3.24. The van der Waals surface area contributed by atoms with E-state index in [0.29, 0.717) is 12.7 Å². The average molecular weight is 510 g/mol. The zero-order valence-corrected chi connectivity index (χ0v) is 23.1. The minimum absolute atomic E-state index is 0.219. The molecule has 2 atom stereocenters. The molecule has 0 N–H and O–H groups in total. The number of hydrogen-bond donors (Lipinski definition) is 0. The predicted octanol–water partition coefficient (Wildman–Crippen LogP) is 4.83. The molecular weight excluding hydrogens is 492 g/mol. The molecule has 0 amide bonds. The van der Waals surface area contributed by atoms with Crippen molar-refractivity contribution in [2.45, 2.75) is 23.3 Å². The second-order valence-electron chi connectivity index (χ2n) is 4.05. The van der Waals surface area contributed by atoms with Gasteiger partial charge in [-0.25, -0.2) is 0 Å². The third-order valence-electron chi connectivity index (χ3n) is 3.06. The Morgan fingerprint density at radius 3 is 2.19 bits per heavy atom. The standard InChI is InChI=1S/2C2H5.2CH4P.2ClH.6Ti/c4*1-2;;;;;;;;/h2*1H2,2H3;2*2H,1H3;2*1H;;;;;;/q;;2*-1;;;;;;;+1;+3/p-2. The van der Waals surface area contributed by atoms with Gasteiger partial charge in [-0.2, -0.15) is 0 Å². The summed E-state index contributed by atoms with van der Waals surface area (Å²) in [6.45, 7) is 12.3. The van der Waals surface area contributed by atoms with Crippen LogP contribution in [0.25, 0.3) is 0 Å². The van der Waals surface area contributed by atoms with Crippen molar-refractivity contribution in [3.05, 3.63) is 0 Å². The van der Waals surface area contributed by atoms with Crippen molar-refractivity contribution in [1.82, 2.24) is 0 Å². The quantitative estimate of drug-likeness (QED) is 0.376. The van der Waals surface area contributed by atoms with Crippen molar-refractivity contribution in [3.63, 3.8) is 0 Å². The van der Waals surface area contributed by atoms with Gasteiger partial charge in [0.05, 0.1) is 0 Å². The van der Waals surface area contributed by atoms with E-state index in [-0.39, 0.29) is 25.5 Å². The van der Waals surface area contributed by atoms with Gasteiger partial charge in [0.15, 0.2) is 0 Å². The molecule has 0 spiro atoms. The zero-order valence-electron chi connectivity index (χ0n) is 10.2. The summed E-state index contributed by atoms with van der Waals surface area (Å²) in [5, 5.41) is 0. The van der Waals surface area contributed by atoms with Gasteiger partial charge in [0.25, 0.3) is 0 Å². The molecule has 16 heavy (non-hydrogen) atoms. The van der Waals surface area contributed by atoms with Gasteiger partial charge in [0.1, 0.15) is 0 Å². The second-order valence-corrected chi connectivity index (χ2v) is 129. The van der Waals surface area contributed by atoms with E-state index in [2.05, 4.69) is 27.2 Å². The Morgan fingerprint density at radius 2 is 1.81 bits per heavy atom. The van der Waals surface area contributed by atoms with E-state index in [1.807, 2.05) is 0 Å². The molecular formula is C6H18Cl2P2Ti6. The maximum absolute atomic E-state index is 7.22. The third kappa shape index (κ3) is 5.42. The summed E-state index contributed by atoms with van der Waals surface area (Å²) >= 11 is 1.10. The Morgan fingerprint density at radius 1 is 1.25 bits per heavy atom. The normalized spacial score (nSPS) is 29.4. The topological polar surface area (TPSA) is 0 Å². The number of halogens is 2. The predicted molar refractivity (Wildman–Crippen MR) is 61.1 cm³/mol. The molecule has 0 nitrogen and oxygen atoms in total. The van der Waals surface area contributed by atoms with Gasteiger partial charge >= 0.3 is 134 Å². The van der Waals surface area contributed by atoms with Crippen LogP contribution in [-0.4, -0.2) is 13.3 Å². The summed E-state index contributed by atoms with van der Waals surface area (Å²) in [7, 11) is 12.6. The van der Waals surface area contributed by atoms with Gasteiger partial charge in [0.2, 0.25) is 0 Å². The summed E-state index contributed by atoms with van der Waals surface area (Å²) in [6.07, 6.45) is -2.65. The van der Waals surface area contributed by atoms with Gasteiger partial charge in [-0.1, -0.05) is 0 Å². The molecule has 1 saturated heterocycles. The van der Waals surface area contributed by atoms with E-state index in [0.717, 1.165) is 6.57 Å². The van der Waals surface area contributed by atoms with E-state index in [4.69, 9.17) is 18.6 Å². The fraction of sp³-hybridized carbons (Fsp3) is 1.00. The Kier molecular flexibility index (Phi) is 9.90. The summed E-state index contributed by atoms with van der Waals surface area (Å²) in [5.41, 5.74) is 0. The molecule has 0 aromatic carbocycles. The minimum atomic E-state index is -2.65. The van der Waals surface area contributed by atoms with Crippen molar-refractivity contribution >= 4 is 31.8 Å². The van der Waals surface area contributed by atoms with E-state index >= 15 is 0 Å². The molecule has 0 radical (unpaired) electrons. The van der Waals surface area contributed by atoms with Gasteiger partial charge in [-0.05, 0) is 0 Å². The first-order valence-corrected chi connectivity index (χ1v) is 43.7. The van der Waals surface area contributed by atoms with Crippen molar-refractivity contribution in [1.29, 1.82) is 0 Å². The summed E-state index contributed by atoms with van der Waals surface area (Å²) in [6, 6.07) is 0. The molecule has 0 bridgehead atoms. The van der Waals surface area contributed by atoms with Crippen LogP contribution in [0.3, 0.4) is 0 Å². The molecule has 0 aliphatic carbocycles. The molecule has 1 fully saturated rings. The third-order valence-corrected chi connectivity index (χ3v) is 272. The van der Waals surface area contributed by atoms with Crippen LogP contribution in [0.15, 0.2) is 0 Å². The zero-order chi connectivity index (χ0) is 12.5. The van der Waals surface area contributed by atoms with Crippen LogP contribution in [0, 0.1) is 0 Å². The van der Waals surface area contributed by atoms with Crippen LogP contribution in [0.1, 0.15) is 13.8 Å². The van der Waals surface area contributed by atoms with Crippen LogP contribution in [-0.2, 0) is 65.6 Å². The maximum atomic E-state index is 7.22. The average Bonchev–Trinajstić information content (AvgIpc) is 2.27. The number of hydrogen-bond acceptors (Lipinski definition) is 0. The van der Waals surface area contributed by atoms with Crippen molar-refractivity contribution in [2.24, 2.45) is 0 Å². The Bertz CT molecular complexity index is 261. The number of rotatable bonds is 4. The van der Waals surface area contributed by atoms with E-state index in [1.54, 1.807) is 9.45 Å². The molecule has 1 rings (SSSR count). The molecule has 10 heteroatoms. The van der Waals surface area contributed by atoms with Crippen LogP contribution in [0.4, 0.5) is 0 Å². The first-order valence-electron chi connectivity index (χ1n) is 5.50. The fourth-order valence-corrected chi connectivity index (χ4v) is 658. The summed E-state index contributed by atoms with van der Waals surface area (Å²) in [4.78, 5) is 0. The second kappa shape index (κ2) is 8.01.